The molecule has 0 amide bonds. The lowest BCUT2D eigenvalue weighted by Crippen LogP contribution is -3.00. The Morgan fingerprint density at radius 3 is 1.81 bits per heavy atom. The van der Waals surface area contributed by atoms with Crippen molar-refractivity contribution in [3.63, 3.8) is 0 Å². The molecular formula is C52H40ClN5O. The molecule has 6 nitrogen and oxygen atoms in total. The molecule has 7 aromatic carbocycles. The van der Waals surface area contributed by atoms with Crippen LogP contribution in [0.15, 0.2) is 188 Å². The summed E-state index contributed by atoms with van der Waals surface area (Å²) in [6, 6.07) is 62.1. The van der Waals surface area contributed by atoms with Crippen LogP contribution in [0, 0.1) is 0 Å². The molecule has 286 valence electrons. The van der Waals surface area contributed by atoms with Gasteiger partial charge in [0.2, 0.25) is 0 Å². The van der Waals surface area contributed by atoms with E-state index in [1.165, 1.54) is 32.8 Å². The Bertz CT molecular complexity index is 3330. The number of para-hydroxylation sites is 7. The monoisotopic (exact) mass is 785 g/mol. The van der Waals surface area contributed by atoms with Crippen LogP contribution in [0.3, 0.4) is 0 Å². The van der Waals surface area contributed by atoms with Gasteiger partial charge in [0.05, 0.1) is 27.8 Å². The molecule has 0 fully saturated rings. The van der Waals surface area contributed by atoms with Crippen LogP contribution in [-0.4, -0.2) is 18.7 Å². The molecule has 0 unspecified atom stereocenters. The number of rotatable bonds is 6. The summed E-state index contributed by atoms with van der Waals surface area (Å²) in [5, 5.41) is 4.82. The van der Waals surface area contributed by atoms with Crippen LogP contribution >= 0.6 is 0 Å². The van der Waals surface area contributed by atoms with E-state index < -0.39 is 0 Å². The highest BCUT2D eigenvalue weighted by atomic mass is 35.5. The molecule has 11 rings (SSSR count). The summed E-state index contributed by atoms with van der Waals surface area (Å²) in [7, 11) is 0. The lowest BCUT2D eigenvalue weighted by molar-refractivity contribution is -0.567. The van der Waals surface area contributed by atoms with Gasteiger partial charge in [0.15, 0.2) is 16.7 Å². The molecule has 7 heteroatoms. The second-order valence-electron chi connectivity index (χ2n) is 16.0. The summed E-state index contributed by atoms with van der Waals surface area (Å²) in [6.45, 7) is 6.71. The standard InChI is InChI=1S/C52H40N5O.ClH/c1-52(2,3)35-29-30-53-51(31-35)57-45-22-9-6-19-41(45)42-28-27-38(33-50(42)57)58-37-16-14-15-36(32-37)54-34-55(47-24-11-10-23-46(47)54)48-25-12-13-26-49(48)56-43-20-7-4-17-39(43)40-18-5-8-21-44(40)56;/h4-34H,1-3H3;1H/q+1;/p-1. The number of halogens is 1. The van der Waals surface area contributed by atoms with Crippen molar-refractivity contribution in [3.8, 4) is 34.4 Å². The SMILES string of the molecule is CC(C)(C)c1ccnc(-n2c3ccccc3c3ccc(Oc4cccc(-n5c[n+](-c6ccccc6-n6c7ccccc7c7ccccc76)c6ccccc65)c4)cc32)c1.[Cl-]. The number of pyridine rings is 1. The smallest absolute Gasteiger partial charge is 0.255 e. The Balaban J connectivity index is 0.00000420. The molecular weight excluding hydrogens is 746 g/mol. The molecule has 11 aromatic rings. The molecule has 0 spiro atoms. The molecule has 59 heavy (non-hydrogen) atoms. The molecule has 0 radical (unpaired) electrons. The zero-order valence-electron chi connectivity index (χ0n) is 32.9. The van der Waals surface area contributed by atoms with Crippen molar-refractivity contribution in [2.24, 2.45) is 0 Å². The number of imidazole rings is 1. The third-order valence-corrected chi connectivity index (χ3v) is 11.4. The summed E-state index contributed by atoms with van der Waals surface area (Å²) < 4.78 is 15.9. The summed E-state index contributed by atoms with van der Waals surface area (Å²) in [6.07, 6.45) is 4.11. The minimum atomic E-state index is -0.00418. The molecule has 0 aliphatic rings. The van der Waals surface area contributed by atoms with Gasteiger partial charge < -0.3 is 21.7 Å². The van der Waals surface area contributed by atoms with E-state index in [1.54, 1.807) is 0 Å². The summed E-state index contributed by atoms with van der Waals surface area (Å²) in [4.78, 5) is 4.87. The first-order valence-corrected chi connectivity index (χ1v) is 19.8. The molecule has 0 saturated carbocycles. The van der Waals surface area contributed by atoms with Crippen LogP contribution in [0.4, 0.5) is 0 Å². The predicted octanol–water partition coefficient (Wildman–Crippen LogP) is 9.59. The van der Waals surface area contributed by atoms with Crippen molar-refractivity contribution in [1.82, 2.24) is 18.7 Å². The normalized spacial score (nSPS) is 11.8. The van der Waals surface area contributed by atoms with Gasteiger partial charge >= 0.3 is 0 Å². The zero-order chi connectivity index (χ0) is 39.0. The number of fused-ring (bicyclic) bond motifs is 7. The summed E-state index contributed by atoms with van der Waals surface area (Å²) in [5.74, 6) is 2.40. The minimum Gasteiger partial charge on any atom is -1.00 e. The second kappa shape index (κ2) is 14.0. The highest BCUT2D eigenvalue weighted by Gasteiger charge is 2.24. The molecule has 4 heterocycles. The Morgan fingerprint density at radius 2 is 1.10 bits per heavy atom. The van der Waals surface area contributed by atoms with E-state index in [9.17, 15) is 0 Å². The van der Waals surface area contributed by atoms with E-state index in [2.05, 4.69) is 215 Å². The van der Waals surface area contributed by atoms with Crippen LogP contribution in [0.1, 0.15) is 26.3 Å². The number of aromatic nitrogens is 5. The quantitative estimate of drug-likeness (QED) is 0.158. The van der Waals surface area contributed by atoms with Crippen molar-refractivity contribution in [2.45, 2.75) is 26.2 Å². The molecule has 4 aromatic heterocycles. The Labute approximate surface area is 348 Å². The van der Waals surface area contributed by atoms with Crippen LogP contribution < -0.4 is 21.7 Å². The van der Waals surface area contributed by atoms with Crippen molar-refractivity contribution >= 4 is 54.6 Å². The maximum absolute atomic E-state index is 6.71. The molecule has 0 bridgehead atoms. The minimum absolute atomic E-state index is 0. The van der Waals surface area contributed by atoms with Crippen molar-refractivity contribution in [3.05, 3.63) is 194 Å². The topological polar surface area (TPSA) is 40.8 Å². The number of nitrogens with zero attached hydrogens (tertiary/aromatic N) is 5. The van der Waals surface area contributed by atoms with E-state index in [1.807, 2.05) is 12.3 Å². The number of benzene rings is 7. The fraction of sp³-hybridized carbons (Fsp3) is 0.0769. The summed E-state index contributed by atoms with van der Waals surface area (Å²) >= 11 is 0. The molecule has 0 N–H and O–H groups in total. The van der Waals surface area contributed by atoms with Gasteiger partial charge in [-0.2, -0.15) is 9.13 Å². The van der Waals surface area contributed by atoms with E-state index in [4.69, 9.17) is 9.72 Å². The van der Waals surface area contributed by atoms with Crippen LogP contribution in [0.2, 0.25) is 0 Å². The number of hydrogen-bond donors (Lipinski definition) is 0. The lowest BCUT2D eigenvalue weighted by atomic mass is 9.88. The van der Waals surface area contributed by atoms with E-state index in [0.29, 0.717) is 0 Å². The van der Waals surface area contributed by atoms with Gasteiger partial charge in [-0.05, 0) is 89.8 Å². The van der Waals surface area contributed by atoms with Gasteiger partial charge in [-0.3, -0.25) is 4.57 Å². The fourth-order valence-corrected chi connectivity index (χ4v) is 8.65. The van der Waals surface area contributed by atoms with Gasteiger partial charge in [0.25, 0.3) is 6.33 Å². The van der Waals surface area contributed by atoms with Crippen molar-refractivity contribution < 1.29 is 21.7 Å². The van der Waals surface area contributed by atoms with Gasteiger partial charge in [-0.1, -0.05) is 106 Å². The van der Waals surface area contributed by atoms with Crippen molar-refractivity contribution in [1.29, 1.82) is 0 Å². The Kier molecular flexibility index (Phi) is 8.62. The van der Waals surface area contributed by atoms with Gasteiger partial charge in [0.1, 0.15) is 23.0 Å². The first kappa shape index (κ1) is 36.2. The van der Waals surface area contributed by atoms with Gasteiger partial charge in [-0.15, -0.1) is 0 Å². The molecule has 0 atom stereocenters. The van der Waals surface area contributed by atoms with Crippen LogP contribution in [-0.2, 0) is 5.41 Å². The average Bonchev–Trinajstić information content (AvgIpc) is 3.92. The first-order chi connectivity index (χ1) is 28.4. The second-order valence-corrected chi connectivity index (χ2v) is 16.0. The number of hydrogen-bond acceptors (Lipinski definition) is 2. The van der Waals surface area contributed by atoms with E-state index in [-0.39, 0.29) is 17.8 Å². The van der Waals surface area contributed by atoms with E-state index in [0.717, 1.165) is 61.8 Å². The predicted molar refractivity (Wildman–Crippen MR) is 236 cm³/mol. The van der Waals surface area contributed by atoms with Gasteiger partial charge in [-0.25, -0.2) is 4.98 Å². The first-order valence-electron chi connectivity index (χ1n) is 19.8. The Hall–Kier alpha value is -7.15. The third-order valence-electron chi connectivity index (χ3n) is 11.4. The molecule has 0 aliphatic heterocycles. The van der Waals surface area contributed by atoms with Gasteiger partial charge in [0, 0.05) is 39.9 Å². The zero-order valence-corrected chi connectivity index (χ0v) is 33.7. The maximum atomic E-state index is 6.71. The molecule has 0 aliphatic carbocycles. The van der Waals surface area contributed by atoms with Crippen LogP contribution in [0.25, 0.3) is 77.5 Å². The third kappa shape index (κ3) is 5.95. The van der Waals surface area contributed by atoms with Crippen LogP contribution in [0.5, 0.6) is 11.5 Å². The Morgan fingerprint density at radius 1 is 0.508 bits per heavy atom. The lowest BCUT2D eigenvalue weighted by Gasteiger charge is -2.20. The fourth-order valence-electron chi connectivity index (χ4n) is 8.65. The summed E-state index contributed by atoms with van der Waals surface area (Å²) in [5.41, 5.74) is 11.1. The molecule has 0 saturated heterocycles. The van der Waals surface area contributed by atoms with Crippen molar-refractivity contribution in [2.75, 3.05) is 0 Å². The number of ether oxygens (including phenoxy) is 1. The highest BCUT2D eigenvalue weighted by molar-refractivity contribution is 6.10. The highest BCUT2D eigenvalue weighted by Crippen LogP contribution is 2.37. The average molecular weight is 786 g/mol. The maximum Gasteiger partial charge on any atom is 0.255 e. The largest absolute Gasteiger partial charge is 1.00 e. The van der Waals surface area contributed by atoms with E-state index >= 15 is 0 Å².